The van der Waals surface area contributed by atoms with Crippen LogP contribution in [0.4, 0.5) is 0 Å². The minimum absolute atomic E-state index is 0.167. The predicted octanol–water partition coefficient (Wildman–Crippen LogP) is 7.36. The van der Waals surface area contributed by atoms with Crippen molar-refractivity contribution in [2.45, 2.75) is 129 Å². The Morgan fingerprint density at radius 1 is 0.533 bits per heavy atom. The van der Waals surface area contributed by atoms with Gasteiger partial charge in [0.25, 0.3) is 0 Å². The van der Waals surface area contributed by atoms with Crippen LogP contribution in [0, 0.1) is 0 Å². The molecule has 0 aliphatic carbocycles. The van der Waals surface area contributed by atoms with Gasteiger partial charge in [0.15, 0.2) is 0 Å². The summed E-state index contributed by atoms with van der Waals surface area (Å²) >= 11 is 0. The first-order chi connectivity index (χ1) is 14.7. The zero-order valence-corrected chi connectivity index (χ0v) is 20.8. The maximum Gasteiger partial charge on any atom is 0.106 e. The van der Waals surface area contributed by atoms with E-state index in [0.29, 0.717) is 17.6 Å². The van der Waals surface area contributed by atoms with Crippen molar-refractivity contribution < 1.29 is 14.7 Å². The number of rotatable bonds is 24. The van der Waals surface area contributed by atoms with E-state index in [0.717, 1.165) is 6.42 Å². The van der Waals surface area contributed by atoms with E-state index in [1.807, 2.05) is 0 Å². The average molecular weight is 427 g/mol. The van der Waals surface area contributed by atoms with Gasteiger partial charge in [-0.05, 0) is 18.9 Å². The van der Waals surface area contributed by atoms with Gasteiger partial charge in [0.05, 0.1) is 26.5 Å². The highest BCUT2D eigenvalue weighted by molar-refractivity contribution is 4.74. The Hall–Kier alpha value is -0.380. The van der Waals surface area contributed by atoms with Crippen molar-refractivity contribution in [3.63, 3.8) is 0 Å². The van der Waals surface area contributed by atoms with Crippen LogP contribution >= 0.6 is 0 Å². The second kappa shape index (κ2) is 23.3. The summed E-state index contributed by atoms with van der Waals surface area (Å²) in [5.41, 5.74) is 0. The minimum atomic E-state index is 0.167. The SMILES string of the molecule is CCCCCCCCCCCCCCCCCCCCC=C[N+](C)(CCO)CCO. The summed E-state index contributed by atoms with van der Waals surface area (Å²) in [5.74, 6) is 0. The van der Waals surface area contributed by atoms with Crippen LogP contribution in [0.25, 0.3) is 0 Å². The van der Waals surface area contributed by atoms with Gasteiger partial charge in [-0.1, -0.05) is 116 Å². The van der Waals surface area contributed by atoms with E-state index >= 15 is 0 Å². The van der Waals surface area contributed by atoms with E-state index < -0.39 is 0 Å². The van der Waals surface area contributed by atoms with Crippen molar-refractivity contribution in [3.05, 3.63) is 12.3 Å². The molecular formula is C27H56NO2+. The van der Waals surface area contributed by atoms with Gasteiger partial charge < -0.3 is 10.2 Å². The lowest BCUT2D eigenvalue weighted by molar-refractivity contribution is -0.860. The highest BCUT2D eigenvalue weighted by atomic mass is 16.3. The lowest BCUT2D eigenvalue weighted by Gasteiger charge is -2.28. The summed E-state index contributed by atoms with van der Waals surface area (Å²) in [7, 11) is 2.07. The second-order valence-electron chi connectivity index (χ2n) is 9.56. The molecule has 0 aliphatic heterocycles. The van der Waals surface area contributed by atoms with Crippen molar-refractivity contribution in [2.24, 2.45) is 0 Å². The topological polar surface area (TPSA) is 40.5 Å². The monoisotopic (exact) mass is 426 g/mol. The number of nitrogens with zero attached hydrogens (tertiary/aromatic N) is 1. The summed E-state index contributed by atoms with van der Waals surface area (Å²) in [5, 5.41) is 18.3. The molecule has 0 aromatic carbocycles. The number of hydrogen-bond acceptors (Lipinski definition) is 2. The number of aliphatic hydroxyl groups excluding tert-OH is 2. The lowest BCUT2D eigenvalue weighted by atomic mass is 10.0. The summed E-state index contributed by atoms with van der Waals surface area (Å²) in [6, 6.07) is 0. The van der Waals surface area contributed by atoms with E-state index in [4.69, 9.17) is 10.2 Å². The van der Waals surface area contributed by atoms with E-state index in [-0.39, 0.29) is 13.2 Å². The molecule has 0 heterocycles. The molecule has 0 fully saturated rings. The van der Waals surface area contributed by atoms with E-state index in [2.05, 4.69) is 26.2 Å². The van der Waals surface area contributed by atoms with Crippen molar-refractivity contribution >= 4 is 0 Å². The van der Waals surface area contributed by atoms with Crippen LogP contribution in [0.1, 0.15) is 129 Å². The van der Waals surface area contributed by atoms with Crippen LogP contribution in [0.2, 0.25) is 0 Å². The highest BCUT2D eigenvalue weighted by Gasteiger charge is 2.16. The Labute approximate surface area is 189 Å². The Balaban J connectivity index is 3.29. The molecule has 3 nitrogen and oxygen atoms in total. The number of unbranched alkanes of at least 4 members (excludes halogenated alkanes) is 18. The Bertz CT molecular complexity index is 351. The smallest absolute Gasteiger partial charge is 0.106 e. The largest absolute Gasteiger partial charge is 0.390 e. The van der Waals surface area contributed by atoms with Gasteiger partial charge in [0.2, 0.25) is 0 Å². The molecule has 0 rings (SSSR count). The van der Waals surface area contributed by atoms with E-state index in [9.17, 15) is 0 Å². The molecule has 0 unspecified atom stereocenters. The molecule has 0 aromatic heterocycles. The fraction of sp³-hybridized carbons (Fsp3) is 0.926. The first-order valence-corrected chi connectivity index (χ1v) is 13.4. The summed E-state index contributed by atoms with van der Waals surface area (Å²) in [6.45, 7) is 3.98. The van der Waals surface area contributed by atoms with Gasteiger partial charge in [-0.25, -0.2) is 0 Å². The molecule has 0 saturated carbocycles. The maximum absolute atomic E-state index is 9.16. The van der Waals surface area contributed by atoms with Crippen molar-refractivity contribution in [1.82, 2.24) is 0 Å². The average Bonchev–Trinajstić information content (AvgIpc) is 2.72. The number of aliphatic hydroxyl groups is 2. The highest BCUT2D eigenvalue weighted by Crippen LogP contribution is 2.15. The molecule has 0 amide bonds. The number of allylic oxidation sites excluding steroid dienone is 1. The summed E-state index contributed by atoms with van der Waals surface area (Å²) < 4.78 is 0.631. The van der Waals surface area contributed by atoms with Gasteiger partial charge in [0, 0.05) is 0 Å². The predicted molar refractivity (Wildman–Crippen MR) is 133 cm³/mol. The Morgan fingerprint density at radius 2 is 0.867 bits per heavy atom. The maximum atomic E-state index is 9.16. The second-order valence-corrected chi connectivity index (χ2v) is 9.56. The summed E-state index contributed by atoms with van der Waals surface area (Å²) in [4.78, 5) is 0. The number of quaternary nitrogens is 1. The summed E-state index contributed by atoms with van der Waals surface area (Å²) in [6.07, 6.45) is 31.0. The molecule has 0 saturated heterocycles. The van der Waals surface area contributed by atoms with Crippen LogP contribution in [-0.4, -0.2) is 48.0 Å². The molecule has 0 spiro atoms. The van der Waals surface area contributed by atoms with Crippen molar-refractivity contribution in [3.8, 4) is 0 Å². The zero-order valence-electron chi connectivity index (χ0n) is 20.8. The first kappa shape index (κ1) is 29.6. The molecule has 30 heavy (non-hydrogen) atoms. The third kappa shape index (κ3) is 20.9. The Morgan fingerprint density at radius 3 is 1.20 bits per heavy atom. The van der Waals surface area contributed by atoms with Crippen molar-refractivity contribution in [1.29, 1.82) is 0 Å². The third-order valence-electron chi connectivity index (χ3n) is 6.41. The Kier molecular flexibility index (Phi) is 23.0. The van der Waals surface area contributed by atoms with Crippen LogP contribution in [0.5, 0.6) is 0 Å². The molecule has 0 atom stereocenters. The van der Waals surface area contributed by atoms with Gasteiger partial charge in [-0.3, -0.25) is 4.48 Å². The molecule has 0 aromatic rings. The lowest BCUT2D eigenvalue weighted by Crippen LogP contribution is -2.42. The third-order valence-corrected chi connectivity index (χ3v) is 6.41. The molecule has 0 aliphatic rings. The normalized spacial score (nSPS) is 12.3. The van der Waals surface area contributed by atoms with Crippen LogP contribution in [0.15, 0.2) is 12.3 Å². The molecule has 0 radical (unpaired) electrons. The quantitative estimate of drug-likeness (QED) is 0.125. The molecule has 2 N–H and O–H groups in total. The standard InChI is InChI=1S/C27H56NO2/c1-3-4-5-6-7-8-9-10-11-12-13-14-15-16-17-18-19-20-21-22-23-28(2,24-26-29)25-27-30/h22-23,29-30H,3-21,24-27H2,1-2H3/q+1. The van der Waals surface area contributed by atoms with Crippen molar-refractivity contribution in [2.75, 3.05) is 33.4 Å². The zero-order chi connectivity index (χ0) is 22.2. The van der Waals surface area contributed by atoms with E-state index in [1.165, 1.54) is 116 Å². The molecule has 3 heteroatoms. The number of hydrogen-bond donors (Lipinski definition) is 2. The van der Waals surface area contributed by atoms with Crippen LogP contribution in [-0.2, 0) is 0 Å². The van der Waals surface area contributed by atoms with Gasteiger partial charge >= 0.3 is 0 Å². The van der Waals surface area contributed by atoms with E-state index in [1.54, 1.807) is 0 Å². The van der Waals surface area contributed by atoms with Gasteiger partial charge in [-0.15, -0.1) is 0 Å². The molecule has 180 valence electrons. The molecular weight excluding hydrogens is 370 g/mol. The first-order valence-electron chi connectivity index (χ1n) is 13.4. The van der Waals surface area contributed by atoms with Gasteiger partial charge in [0.1, 0.15) is 13.1 Å². The fourth-order valence-corrected chi connectivity index (χ4v) is 4.21. The minimum Gasteiger partial charge on any atom is -0.390 e. The van der Waals surface area contributed by atoms with Gasteiger partial charge in [-0.2, -0.15) is 0 Å². The van der Waals surface area contributed by atoms with Crippen LogP contribution in [0.3, 0.4) is 0 Å². The van der Waals surface area contributed by atoms with Crippen LogP contribution < -0.4 is 0 Å². The fourth-order valence-electron chi connectivity index (χ4n) is 4.21. The number of likely N-dealkylation sites (N-methyl/N-ethyl adjacent to an activating group) is 1. The molecule has 0 bridgehead atoms.